The number of ether oxygens (including phenoxy) is 1. The summed E-state index contributed by atoms with van der Waals surface area (Å²) in [5.41, 5.74) is 1.36. The zero-order valence-corrected chi connectivity index (χ0v) is 14.9. The first kappa shape index (κ1) is 18.6. The molecule has 0 spiro atoms. The lowest BCUT2D eigenvalue weighted by Gasteiger charge is -2.05. The third kappa shape index (κ3) is 5.13. The first-order valence-corrected chi connectivity index (χ1v) is 8.62. The normalized spacial score (nSPS) is 10.6. The van der Waals surface area contributed by atoms with Gasteiger partial charge in [0.05, 0.1) is 12.7 Å². The molecule has 0 aliphatic rings. The van der Waals surface area contributed by atoms with E-state index in [9.17, 15) is 9.18 Å². The zero-order valence-electron chi connectivity index (χ0n) is 14.9. The van der Waals surface area contributed by atoms with Gasteiger partial charge in [-0.1, -0.05) is 24.3 Å². The number of amides is 1. The second-order valence-electron chi connectivity index (χ2n) is 5.93. The van der Waals surface area contributed by atoms with Crippen LogP contribution in [0.1, 0.15) is 17.9 Å². The molecular formula is C20H20FN3O3. The Morgan fingerprint density at radius 1 is 1.11 bits per heavy atom. The molecule has 0 saturated heterocycles. The van der Waals surface area contributed by atoms with E-state index >= 15 is 0 Å². The number of halogens is 1. The minimum Gasteiger partial charge on any atom is -0.497 e. The number of rotatable bonds is 8. The van der Waals surface area contributed by atoms with Crippen molar-refractivity contribution >= 4 is 5.91 Å². The molecule has 0 aliphatic carbocycles. The number of aryl methyl sites for hydroxylation is 1. The first-order valence-electron chi connectivity index (χ1n) is 8.62. The SMILES string of the molecule is COc1ccc(CCNC(=O)CCc2nnc(-c3ccccc3F)o2)cc1. The minimum atomic E-state index is -0.427. The fourth-order valence-corrected chi connectivity index (χ4v) is 2.55. The Kier molecular flexibility index (Phi) is 6.14. The van der Waals surface area contributed by atoms with Gasteiger partial charge >= 0.3 is 0 Å². The van der Waals surface area contributed by atoms with Crippen LogP contribution in [0.5, 0.6) is 5.75 Å². The number of nitrogens with zero attached hydrogens (tertiary/aromatic N) is 2. The van der Waals surface area contributed by atoms with Crippen LogP contribution >= 0.6 is 0 Å². The second kappa shape index (κ2) is 8.93. The predicted molar refractivity (Wildman–Crippen MR) is 97.7 cm³/mol. The van der Waals surface area contributed by atoms with Crippen molar-refractivity contribution < 1.29 is 18.3 Å². The smallest absolute Gasteiger partial charge is 0.250 e. The number of nitrogens with one attached hydrogen (secondary N) is 1. The molecule has 1 amide bonds. The van der Waals surface area contributed by atoms with Gasteiger partial charge in [-0.05, 0) is 36.2 Å². The van der Waals surface area contributed by atoms with Gasteiger partial charge < -0.3 is 14.5 Å². The van der Waals surface area contributed by atoms with Crippen LogP contribution in [0.2, 0.25) is 0 Å². The van der Waals surface area contributed by atoms with Crippen LogP contribution in [0.25, 0.3) is 11.5 Å². The van der Waals surface area contributed by atoms with Crippen molar-refractivity contribution in [2.75, 3.05) is 13.7 Å². The van der Waals surface area contributed by atoms with Crippen LogP contribution in [-0.2, 0) is 17.6 Å². The van der Waals surface area contributed by atoms with Gasteiger partial charge in [-0.15, -0.1) is 10.2 Å². The van der Waals surface area contributed by atoms with E-state index in [-0.39, 0.29) is 23.8 Å². The Balaban J connectivity index is 1.43. The lowest BCUT2D eigenvalue weighted by Crippen LogP contribution is -2.25. The van der Waals surface area contributed by atoms with Gasteiger partial charge in [0.25, 0.3) is 5.89 Å². The van der Waals surface area contributed by atoms with Crippen LogP contribution in [0.15, 0.2) is 52.9 Å². The summed E-state index contributed by atoms with van der Waals surface area (Å²) in [4.78, 5) is 12.0. The van der Waals surface area contributed by atoms with Crippen molar-refractivity contribution in [3.8, 4) is 17.2 Å². The van der Waals surface area contributed by atoms with Gasteiger partial charge in [-0.3, -0.25) is 4.79 Å². The molecule has 0 unspecified atom stereocenters. The van der Waals surface area contributed by atoms with Gasteiger partial charge in [0.15, 0.2) is 0 Å². The average molecular weight is 369 g/mol. The molecule has 140 valence electrons. The van der Waals surface area contributed by atoms with E-state index in [0.29, 0.717) is 18.9 Å². The Hall–Kier alpha value is -3.22. The Morgan fingerprint density at radius 2 is 1.89 bits per heavy atom. The molecule has 7 heteroatoms. The van der Waals surface area contributed by atoms with E-state index in [1.807, 2.05) is 24.3 Å². The van der Waals surface area contributed by atoms with Gasteiger partial charge in [-0.2, -0.15) is 0 Å². The standard InChI is InChI=1S/C20H20FN3O3/c1-26-15-8-6-14(7-9-15)12-13-22-18(25)10-11-19-23-24-20(27-19)16-4-2-3-5-17(16)21/h2-9H,10-13H2,1H3,(H,22,25). The third-order valence-electron chi connectivity index (χ3n) is 4.03. The molecule has 0 bridgehead atoms. The highest BCUT2D eigenvalue weighted by molar-refractivity contribution is 5.76. The maximum Gasteiger partial charge on any atom is 0.250 e. The first-order chi connectivity index (χ1) is 13.2. The molecule has 6 nitrogen and oxygen atoms in total. The lowest BCUT2D eigenvalue weighted by atomic mass is 10.1. The molecule has 2 aromatic carbocycles. The molecular weight excluding hydrogens is 349 g/mol. The predicted octanol–water partition coefficient (Wildman–Crippen LogP) is 3.18. The molecule has 3 rings (SSSR count). The summed E-state index contributed by atoms with van der Waals surface area (Å²) in [7, 11) is 1.62. The summed E-state index contributed by atoms with van der Waals surface area (Å²) in [6.45, 7) is 0.537. The Labute approximate surface area is 156 Å². The van der Waals surface area contributed by atoms with E-state index in [2.05, 4.69) is 15.5 Å². The quantitative estimate of drug-likeness (QED) is 0.660. The Bertz CT molecular complexity index is 893. The fourth-order valence-electron chi connectivity index (χ4n) is 2.55. The largest absolute Gasteiger partial charge is 0.497 e. The molecule has 1 N–H and O–H groups in total. The topological polar surface area (TPSA) is 77.2 Å². The molecule has 0 radical (unpaired) electrons. The van der Waals surface area contributed by atoms with Crippen molar-refractivity contribution in [3.63, 3.8) is 0 Å². The number of carbonyl (C=O) groups is 1. The van der Waals surface area contributed by atoms with Crippen LogP contribution in [0, 0.1) is 5.82 Å². The van der Waals surface area contributed by atoms with Crippen LogP contribution < -0.4 is 10.1 Å². The Morgan fingerprint density at radius 3 is 2.63 bits per heavy atom. The highest BCUT2D eigenvalue weighted by Gasteiger charge is 2.13. The molecule has 0 atom stereocenters. The van der Waals surface area contributed by atoms with Gasteiger partial charge in [0.2, 0.25) is 11.8 Å². The highest BCUT2D eigenvalue weighted by atomic mass is 19.1. The lowest BCUT2D eigenvalue weighted by molar-refractivity contribution is -0.121. The maximum absolute atomic E-state index is 13.7. The number of hydrogen-bond acceptors (Lipinski definition) is 5. The van der Waals surface area contributed by atoms with Crippen molar-refractivity contribution in [1.82, 2.24) is 15.5 Å². The number of carbonyl (C=O) groups excluding carboxylic acids is 1. The highest BCUT2D eigenvalue weighted by Crippen LogP contribution is 2.21. The van der Waals surface area contributed by atoms with E-state index < -0.39 is 5.82 Å². The molecule has 0 aliphatic heterocycles. The summed E-state index contributed by atoms with van der Waals surface area (Å²) >= 11 is 0. The van der Waals surface area contributed by atoms with E-state index in [0.717, 1.165) is 17.7 Å². The summed E-state index contributed by atoms with van der Waals surface area (Å²) in [5, 5.41) is 10.6. The second-order valence-corrected chi connectivity index (χ2v) is 5.93. The van der Waals surface area contributed by atoms with E-state index in [1.54, 1.807) is 25.3 Å². The van der Waals surface area contributed by atoms with Gasteiger partial charge in [-0.25, -0.2) is 4.39 Å². The maximum atomic E-state index is 13.7. The monoisotopic (exact) mass is 369 g/mol. The number of methoxy groups -OCH3 is 1. The molecule has 3 aromatic rings. The molecule has 0 saturated carbocycles. The number of aromatic nitrogens is 2. The number of benzene rings is 2. The van der Waals surface area contributed by atoms with Crippen molar-refractivity contribution in [2.24, 2.45) is 0 Å². The summed E-state index contributed by atoms with van der Waals surface area (Å²) < 4.78 is 24.3. The van der Waals surface area contributed by atoms with Crippen LogP contribution in [0.4, 0.5) is 4.39 Å². The zero-order chi connectivity index (χ0) is 19.1. The van der Waals surface area contributed by atoms with Crippen molar-refractivity contribution in [1.29, 1.82) is 0 Å². The van der Waals surface area contributed by atoms with Gasteiger partial charge in [0, 0.05) is 19.4 Å². The summed E-state index contributed by atoms with van der Waals surface area (Å²) in [6.07, 6.45) is 1.26. The summed E-state index contributed by atoms with van der Waals surface area (Å²) in [5.74, 6) is 0.691. The van der Waals surface area contributed by atoms with Crippen LogP contribution in [-0.4, -0.2) is 29.8 Å². The number of hydrogen-bond donors (Lipinski definition) is 1. The van der Waals surface area contributed by atoms with E-state index in [4.69, 9.17) is 9.15 Å². The molecule has 0 fully saturated rings. The minimum absolute atomic E-state index is 0.103. The van der Waals surface area contributed by atoms with Crippen molar-refractivity contribution in [3.05, 3.63) is 65.8 Å². The van der Waals surface area contributed by atoms with Gasteiger partial charge in [0.1, 0.15) is 11.6 Å². The van der Waals surface area contributed by atoms with E-state index in [1.165, 1.54) is 6.07 Å². The summed E-state index contributed by atoms with van der Waals surface area (Å²) in [6, 6.07) is 13.9. The molecule has 1 heterocycles. The molecule has 1 aromatic heterocycles. The van der Waals surface area contributed by atoms with Crippen molar-refractivity contribution in [2.45, 2.75) is 19.3 Å². The van der Waals surface area contributed by atoms with Crippen LogP contribution in [0.3, 0.4) is 0 Å². The average Bonchev–Trinajstić information content (AvgIpc) is 3.16. The molecule has 27 heavy (non-hydrogen) atoms. The third-order valence-corrected chi connectivity index (χ3v) is 4.03. The fraction of sp³-hybridized carbons (Fsp3) is 0.250.